The zero-order valence-corrected chi connectivity index (χ0v) is 10.6. The Kier molecular flexibility index (Phi) is 5.17. The van der Waals surface area contributed by atoms with Crippen molar-refractivity contribution in [2.45, 2.75) is 26.3 Å². The van der Waals surface area contributed by atoms with Gasteiger partial charge in [-0.3, -0.25) is 9.59 Å². The van der Waals surface area contributed by atoms with E-state index in [9.17, 15) is 14.7 Å². The standard InChI is InChI=1S/C13H18N2O3/c1-3-14-13(18)9(2)15-12(17)8-10-5-4-6-11(16)7-10/h4-7,9,16H,3,8H2,1-2H3,(H,14,18)(H,15,17). The number of aromatic hydroxyl groups is 1. The molecule has 18 heavy (non-hydrogen) atoms. The van der Waals surface area contributed by atoms with E-state index in [4.69, 9.17) is 0 Å². The maximum Gasteiger partial charge on any atom is 0.242 e. The monoisotopic (exact) mass is 250 g/mol. The fraction of sp³-hybridized carbons (Fsp3) is 0.385. The first kappa shape index (κ1) is 14.0. The van der Waals surface area contributed by atoms with Crippen molar-refractivity contribution >= 4 is 11.8 Å². The Morgan fingerprint density at radius 1 is 1.39 bits per heavy atom. The van der Waals surface area contributed by atoms with Crippen molar-refractivity contribution in [3.8, 4) is 5.75 Å². The molecule has 98 valence electrons. The third kappa shape index (κ3) is 4.45. The molecule has 0 heterocycles. The summed E-state index contributed by atoms with van der Waals surface area (Å²) in [5, 5.41) is 14.5. The van der Waals surface area contributed by atoms with Crippen LogP contribution in [0.3, 0.4) is 0 Å². The number of amides is 2. The number of phenolic OH excluding ortho intramolecular Hbond substituents is 1. The van der Waals surface area contributed by atoms with Gasteiger partial charge in [0.05, 0.1) is 6.42 Å². The first-order valence-corrected chi connectivity index (χ1v) is 5.88. The lowest BCUT2D eigenvalue weighted by molar-refractivity contribution is -0.128. The molecule has 1 aromatic carbocycles. The van der Waals surface area contributed by atoms with Gasteiger partial charge < -0.3 is 15.7 Å². The molecule has 0 aliphatic heterocycles. The maximum absolute atomic E-state index is 11.7. The predicted molar refractivity (Wildman–Crippen MR) is 68.1 cm³/mol. The first-order chi connectivity index (χ1) is 8.52. The van der Waals surface area contributed by atoms with Crippen molar-refractivity contribution in [1.29, 1.82) is 0 Å². The van der Waals surface area contributed by atoms with E-state index in [1.807, 2.05) is 6.92 Å². The van der Waals surface area contributed by atoms with Gasteiger partial charge in [-0.15, -0.1) is 0 Å². The maximum atomic E-state index is 11.7. The molecule has 0 aliphatic rings. The molecular formula is C13H18N2O3. The number of hydrogen-bond acceptors (Lipinski definition) is 3. The van der Waals surface area contributed by atoms with Crippen LogP contribution >= 0.6 is 0 Å². The fourth-order valence-corrected chi connectivity index (χ4v) is 1.54. The summed E-state index contributed by atoms with van der Waals surface area (Å²) in [6.45, 7) is 3.98. The molecule has 0 aromatic heterocycles. The molecule has 1 unspecified atom stereocenters. The number of benzene rings is 1. The number of carbonyl (C=O) groups is 2. The van der Waals surface area contributed by atoms with E-state index in [-0.39, 0.29) is 24.0 Å². The van der Waals surface area contributed by atoms with Crippen LogP contribution in [0.15, 0.2) is 24.3 Å². The molecule has 0 radical (unpaired) electrons. The van der Waals surface area contributed by atoms with Crippen LogP contribution in [0, 0.1) is 0 Å². The van der Waals surface area contributed by atoms with Crippen molar-refractivity contribution in [2.24, 2.45) is 0 Å². The lowest BCUT2D eigenvalue weighted by atomic mass is 10.1. The summed E-state index contributed by atoms with van der Waals surface area (Å²) in [4.78, 5) is 23.1. The summed E-state index contributed by atoms with van der Waals surface area (Å²) >= 11 is 0. The van der Waals surface area contributed by atoms with Crippen LogP contribution in [0.5, 0.6) is 5.75 Å². The Balaban J connectivity index is 2.49. The Morgan fingerprint density at radius 3 is 2.72 bits per heavy atom. The lowest BCUT2D eigenvalue weighted by Crippen LogP contribution is -2.45. The third-order valence-corrected chi connectivity index (χ3v) is 2.40. The van der Waals surface area contributed by atoms with Gasteiger partial charge in [-0.2, -0.15) is 0 Å². The van der Waals surface area contributed by atoms with E-state index in [0.717, 1.165) is 0 Å². The summed E-state index contributed by atoms with van der Waals surface area (Å²) in [6.07, 6.45) is 0.137. The quantitative estimate of drug-likeness (QED) is 0.715. The highest BCUT2D eigenvalue weighted by molar-refractivity contribution is 5.88. The van der Waals surface area contributed by atoms with Gasteiger partial charge in [0.1, 0.15) is 11.8 Å². The third-order valence-electron chi connectivity index (χ3n) is 2.40. The minimum atomic E-state index is -0.560. The van der Waals surface area contributed by atoms with Gasteiger partial charge in [0.15, 0.2) is 0 Å². The molecular weight excluding hydrogens is 232 g/mol. The molecule has 0 saturated heterocycles. The molecule has 0 aliphatic carbocycles. The SMILES string of the molecule is CCNC(=O)C(C)NC(=O)Cc1cccc(O)c1. The predicted octanol–water partition coefficient (Wildman–Crippen LogP) is 0.575. The normalized spacial score (nSPS) is 11.7. The lowest BCUT2D eigenvalue weighted by Gasteiger charge is -2.13. The van der Waals surface area contributed by atoms with Crippen molar-refractivity contribution in [1.82, 2.24) is 10.6 Å². The average molecular weight is 250 g/mol. The van der Waals surface area contributed by atoms with Gasteiger partial charge in [-0.05, 0) is 31.5 Å². The van der Waals surface area contributed by atoms with Gasteiger partial charge in [0.25, 0.3) is 0 Å². The average Bonchev–Trinajstić information content (AvgIpc) is 2.28. The number of nitrogens with one attached hydrogen (secondary N) is 2. The van der Waals surface area contributed by atoms with Crippen LogP contribution in [0.2, 0.25) is 0 Å². The highest BCUT2D eigenvalue weighted by Crippen LogP contribution is 2.11. The Morgan fingerprint density at radius 2 is 2.11 bits per heavy atom. The molecule has 1 atom stereocenters. The molecule has 1 aromatic rings. The van der Waals surface area contributed by atoms with E-state index < -0.39 is 6.04 Å². The smallest absolute Gasteiger partial charge is 0.242 e. The van der Waals surface area contributed by atoms with E-state index in [1.165, 1.54) is 6.07 Å². The molecule has 5 nitrogen and oxygen atoms in total. The van der Waals surface area contributed by atoms with E-state index in [2.05, 4.69) is 10.6 Å². The minimum absolute atomic E-state index is 0.122. The van der Waals surface area contributed by atoms with E-state index in [1.54, 1.807) is 25.1 Å². The van der Waals surface area contributed by atoms with Crippen LogP contribution in [0.4, 0.5) is 0 Å². The Labute approximate surface area is 106 Å². The van der Waals surface area contributed by atoms with Crippen LogP contribution in [-0.4, -0.2) is 29.5 Å². The van der Waals surface area contributed by atoms with Crippen LogP contribution in [-0.2, 0) is 16.0 Å². The molecule has 0 spiro atoms. The number of carbonyl (C=O) groups excluding carboxylic acids is 2. The molecule has 0 fully saturated rings. The number of likely N-dealkylation sites (N-methyl/N-ethyl adjacent to an activating group) is 1. The Hall–Kier alpha value is -2.04. The molecule has 0 bridgehead atoms. The van der Waals surface area contributed by atoms with Gasteiger partial charge in [0.2, 0.25) is 11.8 Å². The molecule has 2 amide bonds. The summed E-state index contributed by atoms with van der Waals surface area (Å²) in [5.41, 5.74) is 0.704. The second-order valence-corrected chi connectivity index (χ2v) is 4.03. The summed E-state index contributed by atoms with van der Waals surface area (Å²) in [5.74, 6) is -0.335. The second-order valence-electron chi connectivity index (χ2n) is 4.03. The van der Waals surface area contributed by atoms with Crippen molar-refractivity contribution in [3.63, 3.8) is 0 Å². The van der Waals surface area contributed by atoms with Crippen molar-refractivity contribution in [2.75, 3.05) is 6.54 Å². The zero-order valence-electron chi connectivity index (χ0n) is 10.6. The van der Waals surface area contributed by atoms with E-state index >= 15 is 0 Å². The number of hydrogen-bond donors (Lipinski definition) is 3. The van der Waals surface area contributed by atoms with Gasteiger partial charge in [-0.1, -0.05) is 12.1 Å². The topological polar surface area (TPSA) is 78.4 Å². The number of phenols is 1. The summed E-state index contributed by atoms with van der Waals surface area (Å²) < 4.78 is 0. The van der Waals surface area contributed by atoms with E-state index in [0.29, 0.717) is 12.1 Å². The van der Waals surface area contributed by atoms with Crippen molar-refractivity contribution < 1.29 is 14.7 Å². The number of rotatable bonds is 5. The van der Waals surface area contributed by atoms with Crippen LogP contribution in [0.1, 0.15) is 19.4 Å². The molecule has 0 saturated carbocycles. The van der Waals surface area contributed by atoms with Gasteiger partial charge >= 0.3 is 0 Å². The summed E-state index contributed by atoms with van der Waals surface area (Å²) in [6, 6.07) is 5.92. The highest BCUT2D eigenvalue weighted by Gasteiger charge is 2.14. The van der Waals surface area contributed by atoms with Crippen LogP contribution < -0.4 is 10.6 Å². The zero-order chi connectivity index (χ0) is 13.5. The van der Waals surface area contributed by atoms with Crippen LogP contribution in [0.25, 0.3) is 0 Å². The largest absolute Gasteiger partial charge is 0.508 e. The van der Waals surface area contributed by atoms with Gasteiger partial charge in [-0.25, -0.2) is 0 Å². The van der Waals surface area contributed by atoms with Gasteiger partial charge in [0, 0.05) is 6.54 Å². The molecule has 5 heteroatoms. The molecule has 3 N–H and O–H groups in total. The first-order valence-electron chi connectivity index (χ1n) is 5.88. The molecule has 1 rings (SSSR count). The van der Waals surface area contributed by atoms with Crippen molar-refractivity contribution in [3.05, 3.63) is 29.8 Å². The Bertz CT molecular complexity index is 432. The summed E-state index contributed by atoms with van der Waals surface area (Å²) in [7, 11) is 0. The fourth-order valence-electron chi connectivity index (χ4n) is 1.54. The highest BCUT2D eigenvalue weighted by atomic mass is 16.3. The minimum Gasteiger partial charge on any atom is -0.508 e. The second kappa shape index (κ2) is 6.64.